The van der Waals surface area contributed by atoms with E-state index in [9.17, 15) is 4.79 Å². The molecule has 28 heavy (non-hydrogen) atoms. The molecule has 0 spiro atoms. The summed E-state index contributed by atoms with van der Waals surface area (Å²) in [7, 11) is 1.75. The molecule has 4 aliphatic rings. The van der Waals surface area contributed by atoms with Crippen LogP contribution in [0.15, 0.2) is 48.5 Å². The normalized spacial score (nSPS) is 33.4. The average molecular weight is 376 g/mol. The Morgan fingerprint density at radius 1 is 1.18 bits per heavy atom. The number of hydrogen-bond donors (Lipinski definition) is 0. The van der Waals surface area contributed by atoms with Gasteiger partial charge in [0.05, 0.1) is 7.11 Å². The number of methoxy groups -OCH3 is 1. The van der Waals surface area contributed by atoms with E-state index in [-0.39, 0.29) is 11.3 Å². The summed E-state index contributed by atoms with van der Waals surface area (Å²) < 4.78 is 5.54. The van der Waals surface area contributed by atoms with Crippen LogP contribution in [0.25, 0.3) is 0 Å². The second kappa shape index (κ2) is 6.45. The number of nitrogens with zero attached hydrogens (tertiary/aromatic N) is 1. The Morgan fingerprint density at radius 3 is 2.68 bits per heavy atom. The first kappa shape index (κ1) is 17.9. The van der Waals surface area contributed by atoms with Gasteiger partial charge in [-0.15, -0.1) is 0 Å². The third-order valence-electron chi connectivity index (χ3n) is 7.83. The number of ketones is 1. The minimum absolute atomic E-state index is 0.136. The molecule has 2 aliphatic carbocycles. The molecule has 6 rings (SSSR count). The van der Waals surface area contributed by atoms with Crippen molar-refractivity contribution in [2.24, 2.45) is 11.8 Å². The zero-order valence-corrected chi connectivity index (χ0v) is 17.0. The molecule has 0 amide bonds. The second-order valence-corrected chi connectivity index (χ2v) is 9.20. The van der Waals surface area contributed by atoms with E-state index in [1.54, 1.807) is 14.0 Å². The van der Waals surface area contributed by atoms with Gasteiger partial charge in [0.15, 0.2) is 0 Å². The second-order valence-electron chi connectivity index (χ2n) is 9.20. The molecule has 3 nitrogen and oxygen atoms in total. The summed E-state index contributed by atoms with van der Waals surface area (Å²) in [5.41, 5.74) is 4.40. The van der Waals surface area contributed by atoms with Crippen molar-refractivity contribution >= 4 is 5.78 Å². The van der Waals surface area contributed by atoms with Gasteiger partial charge in [0, 0.05) is 24.5 Å². The molecule has 2 aromatic carbocycles. The van der Waals surface area contributed by atoms with Crippen molar-refractivity contribution in [3.8, 4) is 5.75 Å². The van der Waals surface area contributed by atoms with Crippen LogP contribution in [0.1, 0.15) is 43.4 Å². The van der Waals surface area contributed by atoms with Gasteiger partial charge < -0.3 is 4.74 Å². The molecule has 2 heterocycles. The number of benzene rings is 2. The zero-order valence-electron chi connectivity index (χ0n) is 17.0. The van der Waals surface area contributed by atoms with Crippen LogP contribution in [-0.2, 0) is 23.2 Å². The molecule has 0 radical (unpaired) electrons. The summed E-state index contributed by atoms with van der Waals surface area (Å²) in [5, 5.41) is 0. The van der Waals surface area contributed by atoms with Gasteiger partial charge in [-0.25, -0.2) is 0 Å². The molecule has 2 aliphatic heterocycles. The third-order valence-corrected chi connectivity index (χ3v) is 7.83. The number of rotatable bonds is 4. The number of ether oxygens (including phenoxy) is 1. The minimum atomic E-state index is 0.136. The van der Waals surface area contributed by atoms with Crippen LogP contribution in [0, 0.1) is 11.8 Å². The maximum absolute atomic E-state index is 12.5. The van der Waals surface area contributed by atoms with E-state index in [0.29, 0.717) is 23.8 Å². The van der Waals surface area contributed by atoms with Gasteiger partial charge in [-0.3, -0.25) is 9.69 Å². The molecule has 3 fully saturated rings. The fraction of sp³-hybridized carbons (Fsp3) is 0.480. The smallest absolute Gasteiger partial charge is 0.134 e. The van der Waals surface area contributed by atoms with E-state index in [4.69, 9.17) is 4.74 Å². The van der Waals surface area contributed by atoms with Gasteiger partial charge in [0.2, 0.25) is 0 Å². The fourth-order valence-corrected chi connectivity index (χ4v) is 6.48. The number of hydrogen-bond acceptors (Lipinski definition) is 3. The van der Waals surface area contributed by atoms with Crippen molar-refractivity contribution in [1.82, 2.24) is 4.90 Å². The average Bonchev–Trinajstić information content (AvgIpc) is 2.70. The Bertz CT molecular complexity index is 908. The number of fused-ring (bicyclic) bond motifs is 2. The van der Waals surface area contributed by atoms with E-state index >= 15 is 0 Å². The van der Waals surface area contributed by atoms with Crippen LogP contribution in [0.4, 0.5) is 0 Å². The van der Waals surface area contributed by atoms with E-state index < -0.39 is 0 Å². The monoisotopic (exact) mass is 375 g/mol. The molecule has 1 saturated carbocycles. The molecular weight excluding hydrogens is 346 g/mol. The van der Waals surface area contributed by atoms with Gasteiger partial charge in [0.25, 0.3) is 0 Å². The summed E-state index contributed by atoms with van der Waals surface area (Å²) in [4.78, 5) is 15.2. The Hall–Kier alpha value is -2.13. The van der Waals surface area contributed by atoms with Crippen LogP contribution in [-0.4, -0.2) is 29.9 Å². The van der Waals surface area contributed by atoms with Crippen molar-refractivity contribution in [3.05, 3.63) is 65.2 Å². The molecule has 5 atom stereocenters. The number of Topliss-reactive ketones (excluding diaryl/α,β-unsaturated/α-hetero) is 1. The van der Waals surface area contributed by atoms with E-state index in [0.717, 1.165) is 31.6 Å². The fourth-order valence-electron chi connectivity index (χ4n) is 6.48. The van der Waals surface area contributed by atoms with Crippen molar-refractivity contribution in [1.29, 1.82) is 0 Å². The van der Waals surface area contributed by atoms with Gasteiger partial charge >= 0.3 is 0 Å². The summed E-state index contributed by atoms with van der Waals surface area (Å²) in [6.07, 6.45) is 3.17. The van der Waals surface area contributed by atoms with Gasteiger partial charge in [0.1, 0.15) is 11.5 Å². The zero-order chi connectivity index (χ0) is 19.5. The van der Waals surface area contributed by atoms with Crippen LogP contribution in [0.5, 0.6) is 5.75 Å². The van der Waals surface area contributed by atoms with Crippen LogP contribution < -0.4 is 4.74 Å². The molecule has 2 saturated heterocycles. The third kappa shape index (κ3) is 2.56. The molecule has 0 N–H and O–H groups in total. The van der Waals surface area contributed by atoms with E-state index in [1.165, 1.54) is 16.7 Å². The van der Waals surface area contributed by atoms with E-state index in [2.05, 4.69) is 60.4 Å². The molecule has 4 bridgehead atoms. The Kier molecular flexibility index (Phi) is 4.13. The Morgan fingerprint density at radius 2 is 1.96 bits per heavy atom. The highest BCUT2D eigenvalue weighted by molar-refractivity contribution is 5.79. The maximum atomic E-state index is 12.5. The molecular formula is C25H29NO2. The van der Waals surface area contributed by atoms with Crippen LogP contribution >= 0.6 is 0 Å². The van der Waals surface area contributed by atoms with Crippen molar-refractivity contribution in [3.63, 3.8) is 0 Å². The number of piperidine rings is 2. The molecule has 0 aromatic heterocycles. The first-order chi connectivity index (χ1) is 13.5. The lowest BCUT2D eigenvalue weighted by Gasteiger charge is -2.64. The van der Waals surface area contributed by atoms with Crippen LogP contribution in [0.3, 0.4) is 0 Å². The lowest BCUT2D eigenvalue weighted by Crippen LogP contribution is -2.69. The molecule has 146 valence electrons. The predicted octanol–water partition coefficient (Wildman–Crippen LogP) is 4.38. The Labute approximate surface area is 167 Å². The number of carbonyl (C=O) groups excluding carboxylic acids is 1. The SMILES string of the molecule is COc1ccc2c(c1)[C@@]1(C)CC3C(C(C)=O)CC1C(C2)N3Cc1ccccc1. The van der Waals surface area contributed by atoms with E-state index in [1.807, 2.05) is 0 Å². The van der Waals surface area contributed by atoms with Gasteiger partial charge in [-0.2, -0.15) is 0 Å². The lowest BCUT2D eigenvalue weighted by molar-refractivity contribution is -0.142. The van der Waals surface area contributed by atoms with Gasteiger partial charge in [-0.1, -0.05) is 43.3 Å². The number of carbonyl (C=O) groups is 1. The standard InChI is InChI=1S/C25H29NO2/c1-16(27)20-13-22-23-11-18-9-10-19(28-3)12-21(18)25(22,2)14-24(20)26(23)15-17-7-5-4-6-8-17/h4-10,12,20,22-24H,11,13-15H2,1-3H3/t20?,22?,23?,24?,25-/m1/s1. The quantitative estimate of drug-likeness (QED) is 0.794. The van der Waals surface area contributed by atoms with Crippen molar-refractivity contribution < 1.29 is 9.53 Å². The maximum Gasteiger partial charge on any atom is 0.134 e. The topological polar surface area (TPSA) is 29.5 Å². The summed E-state index contributed by atoms with van der Waals surface area (Å²) in [6, 6.07) is 18.2. The molecule has 4 unspecified atom stereocenters. The summed E-state index contributed by atoms with van der Waals surface area (Å²) >= 11 is 0. The Balaban J connectivity index is 1.58. The minimum Gasteiger partial charge on any atom is -0.497 e. The lowest BCUT2D eigenvalue weighted by atomic mass is 9.49. The first-order valence-electron chi connectivity index (χ1n) is 10.5. The predicted molar refractivity (Wildman–Crippen MR) is 111 cm³/mol. The molecule has 3 heteroatoms. The summed E-state index contributed by atoms with van der Waals surface area (Å²) in [5.74, 6) is 2.00. The highest BCUT2D eigenvalue weighted by Gasteiger charge is 2.60. The highest BCUT2D eigenvalue weighted by atomic mass is 16.5. The van der Waals surface area contributed by atoms with Crippen molar-refractivity contribution in [2.45, 2.75) is 57.2 Å². The van der Waals surface area contributed by atoms with Crippen molar-refractivity contribution in [2.75, 3.05) is 7.11 Å². The summed E-state index contributed by atoms with van der Waals surface area (Å²) in [6.45, 7) is 5.17. The first-order valence-corrected chi connectivity index (χ1v) is 10.5. The van der Waals surface area contributed by atoms with Gasteiger partial charge in [-0.05, 0) is 66.3 Å². The highest BCUT2D eigenvalue weighted by Crippen LogP contribution is 2.58. The van der Waals surface area contributed by atoms with Crippen LogP contribution in [0.2, 0.25) is 0 Å². The molecule has 2 aromatic rings. The largest absolute Gasteiger partial charge is 0.497 e.